The molecule has 1 saturated heterocycles. The zero-order valence-corrected chi connectivity index (χ0v) is 16.7. The van der Waals surface area contributed by atoms with Crippen molar-refractivity contribution in [2.24, 2.45) is 0 Å². The molecule has 6 nitrogen and oxygen atoms in total. The van der Waals surface area contributed by atoms with Crippen molar-refractivity contribution < 1.29 is 9.59 Å². The summed E-state index contributed by atoms with van der Waals surface area (Å²) in [5, 5.41) is 6.33. The first-order valence-electron chi connectivity index (χ1n) is 9.40. The van der Waals surface area contributed by atoms with Crippen molar-refractivity contribution in [2.75, 3.05) is 31.1 Å². The molecule has 0 radical (unpaired) electrons. The van der Waals surface area contributed by atoms with Crippen LogP contribution in [-0.4, -0.2) is 49.1 Å². The van der Waals surface area contributed by atoms with E-state index < -0.39 is 6.04 Å². The van der Waals surface area contributed by atoms with E-state index in [4.69, 9.17) is 11.6 Å². The summed E-state index contributed by atoms with van der Waals surface area (Å²) in [6.45, 7) is 4.77. The Hall–Kier alpha value is -2.73. The number of piperazine rings is 1. The van der Waals surface area contributed by atoms with E-state index in [9.17, 15) is 9.59 Å². The zero-order chi connectivity index (χ0) is 19.9. The minimum Gasteiger partial charge on any atom is -0.368 e. The maximum absolute atomic E-state index is 12.5. The third-order valence-corrected chi connectivity index (χ3v) is 5.02. The highest BCUT2D eigenvalue weighted by atomic mass is 35.5. The second-order valence-electron chi connectivity index (χ2n) is 6.83. The monoisotopic (exact) mass is 400 g/mol. The molecule has 0 aliphatic carbocycles. The Balaban J connectivity index is 1.44. The van der Waals surface area contributed by atoms with E-state index in [0.29, 0.717) is 24.7 Å². The number of anilines is 1. The molecule has 2 aromatic carbocycles. The van der Waals surface area contributed by atoms with Gasteiger partial charge in [-0.3, -0.25) is 4.79 Å². The first-order chi connectivity index (χ1) is 13.5. The van der Waals surface area contributed by atoms with Gasteiger partial charge in [-0.25, -0.2) is 4.79 Å². The number of carbonyl (C=O) groups excluding carboxylic acids is 2. The second-order valence-corrected chi connectivity index (χ2v) is 7.26. The highest BCUT2D eigenvalue weighted by molar-refractivity contribution is 6.30. The molecule has 0 aromatic heterocycles. The second kappa shape index (κ2) is 9.46. The Kier molecular flexibility index (Phi) is 6.76. The van der Waals surface area contributed by atoms with Gasteiger partial charge in [0.05, 0.1) is 0 Å². The van der Waals surface area contributed by atoms with Crippen LogP contribution >= 0.6 is 11.6 Å². The summed E-state index contributed by atoms with van der Waals surface area (Å²) in [5.74, 6) is -0.199. The fraction of sp³-hybridized carbons (Fsp3) is 0.333. The third-order valence-electron chi connectivity index (χ3n) is 4.78. The SMILES string of the molecule is C[C@@H](NC(=O)N1CCN(c2cccc(Cl)c2)CC1)C(=O)NCc1ccccc1. The Morgan fingerprint density at radius 3 is 2.43 bits per heavy atom. The molecule has 1 atom stereocenters. The van der Waals surface area contributed by atoms with Gasteiger partial charge in [-0.2, -0.15) is 0 Å². The van der Waals surface area contributed by atoms with Crippen LogP contribution in [0.25, 0.3) is 0 Å². The van der Waals surface area contributed by atoms with Gasteiger partial charge in [-0.05, 0) is 30.7 Å². The van der Waals surface area contributed by atoms with Crippen LogP contribution in [0.3, 0.4) is 0 Å². The normalized spacial score (nSPS) is 15.1. The van der Waals surface area contributed by atoms with Gasteiger partial charge in [-0.1, -0.05) is 48.0 Å². The molecule has 148 valence electrons. The van der Waals surface area contributed by atoms with E-state index in [1.807, 2.05) is 54.6 Å². The van der Waals surface area contributed by atoms with Crippen molar-refractivity contribution in [3.8, 4) is 0 Å². The number of rotatable bonds is 5. The number of urea groups is 1. The molecular formula is C21H25ClN4O2. The highest BCUT2D eigenvalue weighted by Crippen LogP contribution is 2.20. The van der Waals surface area contributed by atoms with Crippen LogP contribution in [0.5, 0.6) is 0 Å². The molecule has 2 aromatic rings. The molecule has 28 heavy (non-hydrogen) atoms. The Labute approximate surface area is 170 Å². The van der Waals surface area contributed by atoms with Gasteiger partial charge in [0, 0.05) is 43.4 Å². The van der Waals surface area contributed by atoms with Gasteiger partial charge in [-0.15, -0.1) is 0 Å². The molecule has 1 fully saturated rings. The van der Waals surface area contributed by atoms with Gasteiger partial charge in [0.15, 0.2) is 0 Å². The van der Waals surface area contributed by atoms with E-state index in [1.54, 1.807) is 11.8 Å². The molecule has 7 heteroatoms. The number of amides is 3. The minimum atomic E-state index is -0.595. The molecule has 3 amide bonds. The lowest BCUT2D eigenvalue weighted by atomic mass is 10.2. The standard InChI is InChI=1S/C21H25ClN4O2/c1-16(20(27)23-15-17-6-3-2-4-7-17)24-21(28)26-12-10-25(11-13-26)19-9-5-8-18(22)14-19/h2-9,14,16H,10-13,15H2,1H3,(H,23,27)(H,24,28)/t16-/m1/s1. The van der Waals surface area contributed by atoms with Gasteiger partial charge in [0.2, 0.25) is 5.91 Å². The Morgan fingerprint density at radius 1 is 1.04 bits per heavy atom. The predicted molar refractivity (Wildman–Crippen MR) is 112 cm³/mol. The summed E-state index contributed by atoms with van der Waals surface area (Å²) in [6.07, 6.45) is 0. The quantitative estimate of drug-likeness (QED) is 0.811. The van der Waals surface area contributed by atoms with Crippen LogP contribution < -0.4 is 15.5 Å². The Bertz CT molecular complexity index is 807. The van der Waals surface area contributed by atoms with Crippen molar-refractivity contribution in [3.05, 3.63) is 65.2 Å². The van der Waals surface area contributed by atoms with E-state index >= 15 is 0 Å². The van der Waals surface area contributed by atoms with Crippen LogP contribution in [0.2, 0.25) is 5.02 Å². The van der Waals surface area contributed by atoms with Gasteiger partial charge >= 0.3 is 6.03 Å². The maximum atomic E-state index is 12.5. The number of halogens is 1. The molecule has 3 rings (SSSR count). The molecule has 2 N–H and O–H groups in total. The van der Waals surface area contributed by atoms with Gasteiger partial charge < -0.3 is 20.4 Å². The number of hydrogen-bond acceptors (Lipinski definition) is 3. The van der Waals surface area contributed by atoms with E-state index in [-0.39, 0.29) is 11.9 Å². The summed E-state index contributed by atoms with van der Waals surface area (Å²) < 4.78 is 0. The lowest BCUT2D eigenvalue weighted by Gasteiger charge is -2.36. The van der Waals surface area contributed by atoms with Crippen LogP contribution in [0.15, 0.2) is 54.6 Å². The van der Waals surface area contributed by atoms with Crippen molar-refractivity contribution in [1.29, 1.82) is 0 Å². The summed E-state index contributed by atoms with van der Waals surface area (Å²) in [6, 6.07) is 16.6. The van der Waals surface area contributed by atoms with Crippen LogP contribution in [0, 0.1) is 0 Å². The van der Waals surface area contributed by atoms with Crippen molar-refractivity contribution >= 4 is 29.2 Å². The number of benzene rings is 2. The van der Waals surface area contributed by atoms with E-state index in [0.717, 1.165) is 24.3 Å². The summed E-state index contributed by atoms with van der Waals surface area (Å²) in [5.41, 5.74) is 2.08. The number of hydrogen-bond donors (Lipinski definition) is 2. The lowest BCUT2D eigenvalue weighted by molar-refractivity contribution is -0.122. The minimum absolute atomic E-state index is 0.199. The Morgan fingerprint density at radius 2 is 1.75 bits per heavy atom. The average molecular weight is 401 g/mol. The number of nitrogens with zero attached hydrogens (tertiary/aromatic N) is 2. The van der Waals surface area contributed by atoms with Crippen LogP contribution in [0.4, 0.5) is 10.5 Å². The molecule has 1 aliphatic rings. The zero-order valence-electron chi connectivity index (χ0n) is 15.9. The molecule has 0 spiro atoms. The van der Waals surface area contributed by atoms with E-state index in [2.05, 4.69) is 15.5 Å². The molecule has 0 saturated carbocycles. The van der Waals surface area contributed by atoms with Crippen molar-refractivity contribution in [2.45, 2.75) is 19.5 Å². The van der Waals surface area contributed by atoms with Crippen LogP contribution in [0.1, 0.15) is 12.5 Å². The number of carbonyl (C=O) groups is 2. The lowest BCUT2D eigenvalue weighted by Crippen LogP contribution is -2.55. The topological polar surface area (TPSA) is 64.7 Å². The molecule has 1 aliphatic heterocycles. The average Bonchev–Trinajstić information content (AvgIpc) is 2.72. The van der Waals surface area contributed by atoms with E-state index in [1.165, 1.54) is 0 Å². The molecule has 1 heterocycles. The molecule has 0 bridgehead atoms. The third kappa shape index (κ3) is 5.39. The molecule has 0 unspecified atom stereocenters. The summed E-state index contributed by atoms with van der Waals surface area (Å²) >= 11 is 6.06. The van der Waals surface area contributed by atoms with Crippen molar-refractivity contribution in [3.63, 3.8) is 0 Å². The van der Waals surface area contributed by atoms with Gasteiger partial charge in [0.25, 0.3) is 0 Å². The number of nitrogens with one attached hydrogen (secondary N) is 2. The largest absolute Gasteiger partial charge is 0.368 e. The first kappa shape index (κ1) is 20.0. The summed E-state index contributed by atoms with van der Waals surface area (Å²) in [7, 11) is 0. The first-order valence-corrected chi connectivity index (χ1v) is 9.78. The maximum Gasteiger partial charge on any atom is 0.318 e. The van der Waals surface area contributed by atoms with Gasteiger partial charge in [0.1, 0.15) is 6.04 Å². The fourth-order valence-electron chi connectivity index (χ4n) is 3.12. The summed E-state index contributed by atoms with van der Waals surface area (Å²) in [4.78, 5) is 28.7. The van der Waals surface area contributed by atoms with Crippen molar-refractivity contribution in [1.82, 2.24) is 15.5 Å². The predicted octanol–water partition coefficient (Wildman–Crippen LogP) is 2.88. The molecular weight excluding hydrogens is 376 g/mol. The highest BCUT2D eigenvalue weighted by Gasteiger charge is 2.24. The van der Waals surface area contributed by atoms with Crippen LogP contribution in [-0.2, 0) is 11.3 Å². The smallest absolute Gasteiger partial charge is 0.318 e. The fourth-order valence-corrected chi connectivity index (χ4v) is 3.31.